The molecule has 2 fully saturated rings. The van der Waals surface area contributed by atoms with Gasteiger partial charge in [-0.25, -0.2) is 0 Å². The van der Waals surface area contributed by atoms with Crippen LogP contribution in [-0.2, 0) is 19.1 Å². The molecule has 0 spiro atoms. The van der Waals surface area contributed by atoms with E-state index < -0.39 is 35.6 Å². The molecular weight excluding hydrogens is 446 g/mol. The van der Waals surface area contributed by atoms with Gasteiger partial charge in [0.05, 0.1) is 41.4 Å². The number of aliphatic hydroxyl groups is 2. The number of carbonyl (C=O) groups is 2. The quantitative estimate of drug-likeness (QED) is 0.477. The summed E-state index contributed by atoms with van der Waals surface area (Å²) in [6, 6.07) is 5.62. The van der Waals surface area contributed by atoms with Gasteiger partial charge in [-0.15, -0.1) is 0 Å². The molecule has 2 N–H and O–H groups in total. The Kier molecular flexibility index (Phi) is 8.56. The molecule has 1 aromatic heterocycles. The maximum Gasteiger partial charge on any atom is 0.309 e. The van der Waals surface area contributed by atoms with Crippen molar-refractivity contribution in [3.05, 3.63) is 35.7 Å². The van der Waals surface area contributed by atoms with Crippen LogP contribution in [0.2, 0.25) is 0 Å². The highest BCUT2D eigenvalue weighted by Crippen LogP contribution is 2.45. The molecule has 0 radical (unpaired) electrons. The predicted octanol–water partition coefficient (Wildman–Crippen LogP) is 4.11. The molecule has 2 aliphatic rings. The lowest BCUT2D eigenvalue weighted by Gasteiger charge is -2.34. The summed E-state index contributed by atoms with van der Waals surface area (Å²) in [6.45, 7) is 10.9. The first-order chi connectivity index (χ1) is 16.3. The number of ether oxygens (including phenoxy) is 2. The number of rotatable bonds is 2. The first kappa shape index (κ1) is 27.5. The van der Waals surface area contributed by atoms with Crippen molar-refractivity contribution >= 4 is 17.8 Å². The molecular formula is C28H41NO6. The summed E-state index contributed by atoms with van der Waals surface area (Å²) >= 11 is 0. The van der Waals surface area contributed by atoms with Crippen LogP contribution in [0, 0.1) is 17.3 Å². The molecule has 0 aromatic carbocycles. The predicted molar refractivity (Wildman–Crippen MR) is 133 cm³/mol. The van der Waals surface area contributed by atoms with Gasteiger partial charge in [0, 0.05) is 18.5 Å². The van der Waals surface area contributed by atoms with Crippen LogP contribution in [0.5, 0.6) is 0 Å². The van der Waals surface area contributed by atoms with Crippen LogP contribution in [0.1, 0.15) is 79.3 Å². The highest BCUT2D eigenvalue weighted by molar-refractivity contribution is 5.88. The van der Waals surface area contributed by atoms with Gasteiger partial charge in [-0.2, -0.15) is 0 Å². The molecule has 0 bridgehead atoms. The molecule has 0 saturated carbocycles. The van der Waals surface area contributed by atoms with Crippen molar-refractivity contribution in [1.29, 1.82) is 0 Å². The summed E-state index contributed by atoms with van der Waals surface area (Å²) in [5, 5.41) is 21.7. The van der Waals surface area contributed by atoms with Crippen molar-refractivity contribution in [3.8, 4) is 0 Å². The third kappa shape index (κ3) is 6.57. The molecule has 7 heteroatoms. The topological polar surface area (TPSA) is 109 Å². The molecule has 2 aliphatic heterocycles. The summed E-state index contributed by atoms with van der Waals surface area (Å²) in [4.78, 5) is 30.5. The molecule has 194 valence electrons. The minimum absolute atomic E-state index is 0.0533. The van der Waals surface area contributed by atoms with Gasteiger partial charge < -0.3 is 19.7 Å². The minimum atomic E-state index is -1.23. The number of carbonyl (C=O) groups excluding carboxylic acids is 2. The minimum Gasteiger partial charge on any atom is -0.458 e. The Morgan fingerprint density at radius 3 is 2.54 bits per heavy atom. The van der Waals surface area contributed by atoms with Gasteiger partial charge in [-0.3, -0.25) is 14.6 Å². The van der Waals surface area contributed by atoms with E-state index in [-0.39, 0.29) is 29.8 Å². The van der Waals surface area contributed by atoms with E-state index in [0.29, 0.717) is 6.42 Å². The second-order valence-corrected chi connectivity index (χ2v) is 11.2. The van der Waals surface area contributed by atoms with Gasteiger partial charge in [0.2, 0.25) is 0 Å². The fourth-order valence-electron chi connectivity index (χ4n) is 5.08. The molecule has 35 heavy (non-hydrogen) atoms. The molecule has 3 heterocycles. The third-order valence-electron chi connectivity index (χ3n) is 7.98. The monoisotopic (exact) mass is 487 g/mol. The van der Waals surface area contributed by atoms with Gasteiger partial charge >= 0.3 is 5.97 Å². The Labute approximate surface area is 208 Å². The Hall–Kier alpha value is -2.09. The van der Waals surface area contributed by atoms with Crippen molar-refractivity contribution in [1.82, 2.24) is 4.98 Å². The smallest absolute Gasteiger partial charge is 0.309 e. The van der Waals surface area contributed by atoms with E-state index in [2.05, 4.69) is 11.9 Å². The molecule has 2 saturated heterocycles. The molecule has 1 aromatic rings. The van der Waals surface area contributed by atoms with Crippen molar-refractivity contribution in [2.75, 3.05) is 0 Å². The second kappa shape index (κ2) is 10.9. The van der Waals surface area contributed by atoms with E-state index in [4.69, 9.17) is 9.47 Å². The van der Waals surface area contributed by atoms with E-state index in [1.54, 1.807) is 27.0 Å². The first-order valence-corrected chi connectivity index (χ1v) is 12.7. The maximum atomic E-state index is 13.2. The summed E-state index contributed by atoms with van der Waals surface area (Å²) in [6.07, 6.45) is 3.60. The lowest BCUT2D eigenvalue weighted by atomic mass is 9.73. The van der Waals surface area contributed by atoms with Crippen LogP contribution in [-0.4, -0.2) is 57.0 Å². The zero-order chi connectivity index (χ0) is 26.0. The summed E-state index contributed by atoms with van der Waals surface area (Å²) in [5.41, 5.74) is 0.0933. The number of epoxide rings is 1. The number of aromatic nitrogens is 1. The molecule has 3 rings (SSSR count). The van der Waals surface area contributed by atoms with E-state index >= 15 is 0 Å². The second-order valence-electron chi connectivity index (χ2n) is 11.2. The molecule has 7 nitrogen and oxygen atoms in total. The number of pyridine rings is 1. The Morgan fingerprint density at radius 1 is 1.17 bits per heavy atom. The number of hydrogen-bond acceptors (Lipinski definition) is 7. The van der Waals surface area contributed by atoms with Gasteiger partial charge in [-0.05, 0) is 56.4 Å². The molecule has 1 unspecified atom stereocenters. The Balaban J connectivity index is 1.86. The molecule has 0 aliphatic carbocycles. The highest BCUT2D eigenvalue weighted by Gasteiger charge is 2.53. The van der Waals surface area contributed by atoms with Gasteiger partial charge in [-0.1, -0.05) is 40.2 Å². The van der Waals surface area contributed by atoms with Crippen molar-refractivity contribution in [2.45, 2.75) is 104 Å². The number of fused-ring (bicyclic) bond motifs is 1. The van der Waals surface area contributed by atoms with Gasteiger partial charge in [0.25, 0.3) is 0 Å². The Morgan fingerprint density at radius 2 is 1.89 bits per heavy atom. The van der Waals surface area contributed by atoms with Crippen LogP contribution in [0.3, 0.4) is 0 Å². The summed E-state index contributed by atoms with van der Waals surface area (Å²) < 4.78 is 11.9. The zero-order valence-electron chi connectivity index (χ0n) is 21.9. The van der Waals surface area contributed by atoms with Gasteiger partial charge in [0.15, 0.2) is 0 Å². The summed E-state index contributed by atoms with van der Waals surface area (Å²) in [5.74, 6) is -1.56. The lowest BCUT2D eigenvalue weighted by molar-refractivity contribution is -0.154. The fraction of sp³-hybridized carbons (Fsp3) is 0.679. The van der Waals surface area contributed by atoms with E-state index in [1.807, 2.05) is 38.1 Å². The van der Waals surface area contributed by atoms with Crippen LogP contribution >= 0.6 is 0 Å². The van der Waals surface area contributed by atoms with Crippen LogP contribution in [0.15, 0.2) is 30.0 Å². The molecule has 7 atom stereocenters. The number of Topliss-reactive ketones (excluding diaryl/α,β-unsaturated/α-hetero) is 1. The average molecular weight is 488 g/mol. The first-order valence-electron chi connectivity index (χ1n) is 12.7. The third-order valence-corrected chi connectivity index (χ3v) is 7.98. The SMILES string of the molecule is C/C(=C\c1ccccn1)[C@@H]1C[C@@H]2O[C@]2(C)CCC[C@H](C)[C@H](O)[C@@H](C)C(=O)C(C)(C)C(O)CC(=O)O1. The van der Waals surface area contributed by atoms with Gasteiger partial charge in [0.1, 0.15) is 11.9 Å². The van der Waals surface area contributed by atoms with E-state index in [1.165, 1.54) is 0 Å². The van der Waals surface area contributed by atoms with Crippen LogP contribution < -0.4 is 0 Å². The highest BCUT2D eigenvalue weighted by atomic mass is 16.6. The van der Waals surface area contributed by atoms with E-state index in [0.717, 1.165) is 30.5 Å². The lowest BCUT2D eigenvalue weighted by Crippen LogP contribution is -2.45. The maximum absolute atomic E-state index is 13.2. The average Bonchev–Trinajstić information content (AvgIpc) is 3.45. The number of ketones is 1. The fourth-order valence-corrected chi connectivity index (χ4v) is 5.08. The molecule has 0 amide bonds. The zero-order valence-corrected chi connectivity index (χ0v) is 21.9. The van der Waals surface area contributed by atoms with Crippen LogP contribution in [0.4, 0.5) is 0 Å². The number of cyclic esters (lactones) is 1. The summed E-state index contributed by atoms with van der Waals surface area (Å²) in [7, 11) is 0. The number of aliphatic hydroxyl groups excluding tert-OH is 2. The number of nitrogens with zero attached hydrogens (tertiary/aromatic N) is 1. The van der Waals surface area contributed by atoms with Crippen molar-refractivity contribution < 1.29 is 29.3 Å². The number of esters is 1. The largest absolute Gasteiger partial charge is 0.458 e. The van der Waals surface area contributed by atoms with Crippen molar-refractivity contribution in [3.63, 3.8) is 0 Å². The normalized spacial score (nSPS) is 37.3. The Bertz CT molecular complexity index is 929. The van der Waals surface area contributed by atoms with Crippen LogP contribution in [0.25, 0.3) is 6.08 Å². The van der Waals surface area contributed by atoms with Crippen molar-refractivity contribution in [2.24, 2.45) is 17.3 Å². The van der Waals surface area contributed by atoms with E-state index in [9.17, 15) is 19.8 Å². The standard InChI is InChI=1S/C28H41NO6/c1-17-10-9-12-28(6)23(35-28)15-21(18(2)14-20-11-7-8-13-29-20)34-24(31)16-22(30)27(4,5)26(33)19(3)25(17)32/h7-8,11,13-14,17,19,21-23,25,30,32H,9-10,12,15-16H2,1-6H3/b18-14+/t17-,19+,21-,22?,23-,25-,28+/m0/s1. The number of hydrogen-bond donors (Lipinski definition) is 2.